The van der Waals surface area contributed by atoms with Crippen molar-refractivity contribution in [1.82, 2.24) is 0 Å². The van der Waals surface area contributed by atoms with Gasteiger partial charge in [-0.2, -0.15) is 0 Å². The Balaban J connectivity index is 2.49. The topological polar surface area (TPSA) is 21.6 Å². The number of rotatable bonds is 3. The summed E-state index contributed by atoms with van der Waals surface area (Å²) in [6, 6.07) is 0.350. The summed E-state index contributed by atoms with van der Waals surface area (Å²) in [7, 11) is 0. The molecule has 0 N–H and O–H groups in total. The maximum Gasteiger partial charge on any atom is 0.377 e. The zero-order chi connectivity index (χ0) is 9.14. The lowest BCUT2D eigenvalue weighted by Crippen LogP contribution is -2.22. The maximum atomic E-state index is 5.46. The van der Waals surface area contributed by atoms with Crippen LogP contribution >= 0.6 is 0 Å². The van der Waals surface area contributed by atoms with Gasteiger partial charge >= 0.3 is 5.90 Å². The van der Waals surface area contributed by atoms with Gasteiger partial charge in [0.15, 0.2) is 6.92 Å². The van der Waals surface area contributed by atoms with Crippen LogP contribution in [0.5, 0.6) is 0 Å². The summed E-state index contributed by atoms with van der Waals surface area (Å²) >= 11 is 0. The first-order valence-electron chi connectivity index (χ1n) is 4.70. The van der Waals surface area contributed by atoms with Crippen molar-refractivity contribution >= 4 is 5.90 Å². The van der Waals surface area contributed by atoms with E-state index in [1.165, 1.54) is 0 Å². The van der Waals surface area contributed by atoms with Crippen LogP contribution in [0.3, 0.4) is 0 Å². The van der Waals surface area contributed by atoms with Crippen LogP contribution in [0.1, 0.15) is 33.6 Å². The Hall–Kier alpha value is -0.660. The van der Waals surface area contributed by atoms with Crippen LogP contribution < -0.4 is 0 Å². The summed E-state index contributed by atoms with van der Waals surface area (Å²) in [5.74, 6) is 1.30. The smallest absolute Gasteiger partial charge is 0.377 e. The fraction of sp³-hybridized carbons (Fsp3) is 0.800. The molecule has 2 atom stereocenters. The van der Waals surface area contributed by atoms with E-state index in [1.54, 1.807) is 0 Å². The average molecular weight is 168 g/mol. The third-order valence-corrected chi connectivity index (χ3v) is 2.14. The second-order valence-corrected chi connectivity index (χ2v) is 3.78. The highest BCUT2D eigenvalue weighted by molar-refractivity contribution is 5.82. The molecule has 1 aliphatic rings. The predicted molar refractivity (Wildman–Crippen MR) is 51.2 cm³/mol. The van der Waals surface area contributed by atoms with E-state index in [4.69, 9.17) is 4.74 Å². The van der Waals surface area contributed by atoms with Crippen LogP contribution in [0.15, 0.2) is 4.99 Å². The van der Waals surface area contributed by atoms with Crippen LogP contribution in [0, 0.1) is 12.8 Å². The summed E-state index contributed by atoms with van der Waals surface area (Å²) in [6.45, 7) is 10.3. The molecule has 0 radical (unpaired) electrons. The summed E-state index contributed by atoms with van der Waals surface area (Å²) in [4.78, 5) is 4.36. The Kier molecular flexibility index (Phi) is 3.01. The van der Waals surface area contributed by atoms with E-state index in [-0.39, 0.29) is 6.10 Å². The largest absolute Gasteiger partial charge is 0.440 e. The summed E-state index contributed by atoms with van der Waals surface area (Å²) in [5.41, 5.74) is 0. The molecule has 2 heteroatoms. The molecule has 12 heavy (non-hydrogen) atoms. The number of aliphatic imine (C=N–C) groups is 1. The van der Waals surface area contributed by atoms with E-state index in [2.05, 4.69) is 32.7 Å². The molecule has 68 valence electrons. The highest BCUT2D eigenvalue weighted by Crippen LogP contribution is 2.22. The summed E-state index contributed by atoms with van der Waals surface area (Å²) in [5, 5.41) is 0. The molecule has 0 amide bonds. The highest BCUT2D eigenvalue weighted by Gasteiger charge is 2.30. The van der Waals surface area contributed by atoms with Crippen LogP contribution in [0.2, 0.25) is 0 Å². The van der Waals surface area contributed by atoms with Crippen molar-refractivity contribution in [3.05, 3.63) is 6.92 Å². The third kappa shape index (κ3) is 2.16. The molecule has 2 unspecified atom stereocenters. The molecular weight excluding hydrogens is 150 g/mol. The van der Waals surface area contributed by atoms with Crippen LogP contribution in [0.4, 0.5) is 0 Å². The quantitative estimate of drug-likeness (QED) is 0.593. The average Bonchev–Trinajstić information content (AvgIpc) is 2.29. The Morgan fingerprint density at radius 1 is 1.58 bits per heavy atom. The first-order chi connectivity index (χ1) is 5.63. The molecule has 0 aromatic rings. The molecule has 0 saturated heterocycles. The van der Waals surface area contributed by atoms with Gasteiger partial charge in [0.05, 0.1) is 6.04 Å². The number of nitrogens with zero attached hydrogens (tertiary/aromatic N) is 1. The normalized spacial score (nSPS) is 28.8. The zero-order valence-electron chi connectivity index (χ0n) is 8.21. The van der Waals surface area contributed by atoms with Crippen LogP contribution in [0.25, 0.3) is 0 Å². The van der Waals surface area contributed by atoms with Crippen molar-refractivity contribution in [3.8, 4) is 0 Å². The van der Waals surface area contributed by atoms with E-state index < -0.39 is 0 Å². The second kappa shape index (κ2) is 3.83. The minimum absolute atomic E-state index is 0.278. The van der Waals surface area contributed by atoms with Crippen molar-refractivity contribution in [1.29, 1.82) is 0 Å². The van der Waals surface area contributed by atoms with E-state index in [0.717, 1.165) is 12.8 Å². The van der Waals surface area contributed by atoms with Gasteiger partial charge in [0.2, 0.25) is 0 Å². The van der Waals surface area contributed by atoms with Crippen molar-refractivity contribution in [2.24, 2.45) is 10.9 Å². The van der Waals surface area contributed by atoms with Gasteiger partial charge in [-0.05, 0) is 18.8 Å². The SMILES string of the molecule is [CH2+]C1=NC(CC(C)C)C(CC)O1. The van der Waals surface area contributed by atoms with Gasteiger partial charge in [-0.15, -0.1) is 0 Å². The molecule has 1 aliphatic heterocycles. The van der Waals surface area contributed by atoms with Gasteiger partial charge in [-0.1, -0.05) is 20.8 Å². The predicted octanol–water partition coefficient (Wildman–Crippen LogP) is 2.44. The summed E-state index contributed by atoms with van der Waals surface area (Å²) < 4.78 is 5.46. The standard InChI is InChI=1S/C10H18NO/c1-5-10-9(6-7(2)3)11-8(4)12-10/h7,9-10H,4-6H2,1-3H3/q+1. The van der Waals surface area contributed by atoms with E-state index in [0.29, 0.717) is 17.9 Å². The molecule has 1 rings (SSSR count). The molecule has 0 aromatic heterocycles. The Morgan fingerprint density at radius 3 is 2.75 bits per heavy atom. The molecular formula is C10H18NO+. The number of ether oxygens (including phenoxy) is 1. The van der Waals surface area contributed by atoms with Gasteiger partial charge in [0.25, 0.3) is 0 Å². The first kappa shape index (κ1) is 9.43. The van der Waals surface area contributed by atoms with Crippen molar-refractivity contribution in [2.45, 2.75) is 45.8 Å². The van der Waals surface area contributed by atoms with Crippen LogP contribution in [-0.4, -0.2) is 18.0 Å². The number of hydrogen-bond acceptors (Lipinski definition) is 2. The lowest BCUT2D eigenvalue weighted by molar-refractivity contribution is 0.178. The van der Waals surface area contributed by atoms with E-state index >= 15 is 0 Å². The fourth-order valence-electron chi connectivity index (χ4n) is 1.59. The lowest BCUT2D eigenvalue weighted by atomic mass is 9.99. The van der Waals surface area contributed by atoms with E-state index in [9.17, 15) is 0 Å². The van der Waals surface area contributed by atoms with Crippen LogP contribution in [-0.2, 0) is 4.74 Å². The van der Waals surface area contributed by atoms with Gasteiger partial charge in [-0.3, -0.25) is 0 Å². The van der Waals surface area contributed by atoms with Gasteiger partial charge < -0.3 is 4.74 Å². The minimum Gasteiger partial charge on any atom is -0.440 e. The zero-order valence-corrected chi connectivity index (χ0v) is 8.21. The lowest BCUT2D eigenvalue weighted by Gasteiger charge is -2.15. The van der Waals surface area contributed by atoms with Crippen molar-refractivity contribution < 1.29 is 4.74 Å². The number of hydrogen-bond donors (Lipinski definition) is 0. The molecule has 2 nitrogen and oxygen atoms in total. The minimum atomic E-state index is 0.278. The van der Waals surface area contributed by atoms with E-state index in [1.807, 2.05) is 0 Å². The van der Waals surface area contributed by atoms with Crippen molar-refractivity contribution in [3.63, 3.8) is 0 Å². The monoisotopic (exact) mass is 168 g/mol. The van der Waals surface area contributed by atoms with Gasteiger partial charge in [0.1, 0.15) is 6.10 Å². The third-order valence-electron chi connectivity index (χ3n) is 2.14. The Morgan fingerprint density at radius 2 is 2.25 bits per heavy atom. The Labute approximate surface area is 75.0 Å². The first-order valence-corrected chi connectivity index (χ1v) is 4.70. The molecule has 0 bridgehead atoms. The van der Waals surface area contributed by atoms with Gasteiger partial charge in [0, 0.05) is 0 Å². The Bertz CT molecular complexity index is 175. The highest BCUT2D eigenvalue weighted by atomic mass is 16.5. The van der Waals surface area contributed by atoms with Gasteiger partial charge in [-0.25, -0.2) is 4.99 Å². The fourth-order valence-corrected chi connectivity index (χ4v) is 1.59. The molecule has 0 saturated carbocycles. The molecule has 0 aliphatic carbocycles. The molecule has 0 aromatic carbocycles. The second-order valence-electron chi connectivity index (χ2n) is 3.78. The summed E-state index contributed by atoms with van der Waals surface area (Å²) in [6.07, 6.45) is 2.41. The van der Waals surface area contributed by atoms with Crippen molar-refractivity contribution in [2.75, 3.05) is 0 Å². The maximum absolute atomic E-state index is 5.46. The molecule has 0 spiro atoms. The molecule has 0 fully saturated rings. The molecule has 1 heterocycles.